The molecule has 1 amide bonds. The van der Waals surface area contributed by atoms with Crippen LogP contribution in [0, 0.1) is 0 Å². The van der Waals surface area contributed by atoms with Crippen molar-refractivity contribution in [2.75, 3.05) is 13.7 Å². The first-order valence-electron chi connectivity index (χ1n) is 7.11. The highest BCUT2D eigenvalue weighted by molar-refractivity contribution is 7.09. The van der Waals surface area contributed by atoms with E-state index in [2.05, 4.69) is 6.07 Å². The van der Waals surface area contributed by atoms with Crippen molar-refractivity contribution in [3.05, 3.63) is 52.2 Å². The van der Waals surface area contributed by atoms with E-state index in [4.69, 9.17) is 4.74 Å². The van der Waals surface area contributed by atoms with Crippen LogP contribution in [0.4, 0.5) is 0 Å². The van der Waals surface area contributed by atoms with Crippen molar-refractivity contribution in [2.45, 2.75) is 26.3 Å². The third-order valence-electron chi connectivity index (χ3n) is 3.60. The van der Waals surface area contributed by atoms with Gasteiger partial charge in [0, 0.05) is 17.0 Å². The van der Waals surface area contributed by atoms with Gasteiger partial charge < -0.3 is 9.64 Å². The molecule has 21 heavy (non-hydrogen) atoms. The Morgan fingerprint density at radius 1 is 1.29 bits per heavy atom. The van der Waals surface area contributed by atoms with Crippen LogP contribution in [-0.2, 0) is 11.3 Å². The van der Waals surface area contributed by atoms with Crippen molar-refractivity contribution in [3.63, 3.8) is 0 Å². The van der Waals surface area contributed by atoms with Gasteiger partial charge in [0.25, 0.3) is 0 Å². The summed E-state index contributed by atoms with van der Waals surface area (Å²) in [6.07, 6.45) is 0. The van der Waals surface area contributed by atoms with Gasteiger partial charge >= 0.3 is 0 Å². The van der Waals surface area contributed by atoms with Crippen molar-refractivity contribution in [1.82, 2.24) is 4.90 Å². The fourth-order valence-corrected chi connectivity index (χ4v) is 3.09. The number of hydrogen-bond donors (Lipinski definition) is 0. The first kappa shape index (κ1) is 15.6. The topological polar surface area (TPSA) is 29.5 Å². The van der Waals surface area contributed by atoms with Gasteiger partial charge in [0.05, 0.1) is 19.6 Å². The second-order valence-corrected chi connectivity index (χ2v) is 5.93. The lowest BCUT2D eigenvalue weighted by atomic mass is 9.98. The van der Waals surface area contributed by atoms with E-state index in [0.29, 0.717) is 13.1 Å². The molecular formula is C17H21NO2S. The van der Waals surface area contributed by atoms with E-state index in [1.54, 1.807) is 18.4 Å². The first-order valence-corrected chi connectivity index (χ1v) is 7.99. The lowest BCUT2D eigenvalue weighted by Crippen LogP contribution is -2.33. The fraction of sp³-hybridized carbons (Fsp3) is 0.353. The summed E-state index contributed by atoms with van der Waals surface area (Å²) in [5.41, 5.74) is 0.939. The molecule has 3 nitrogen and oxygen atoms in total. The standard InChI is InChI=1S/C17H21NO2S/c1-4-18(12-14-8-7-11-21-14)17(19)13(2)15-9-5-6-10-16(15)20-3/h5-11,13H,4,12H2,1-3H3/t13-/m1/s1. The Hall–Kier alpha value is -1.81. The van der Waals surface area contributed by atoms with E-state index in [0.717, 1.165) is 11.3 Å². The first-order chi connectivity index (χ1) is 10.2. The van der Waals surface area contributed by atoms with Crippen molar-refractivity contribution in [1.29, 1.82) is 0 Å². The Morgan fingerprint density at radius 3 is 2.67 bits per heavy atom. The summed E-state index contributed by atoms with van der Waals surface area (Å²) in [4.78, 5) is 15.8. The Morgan fingerprint density at radius 2 is 2.05 bits per heavy atom. The molecule has 2 aromatic rings. The molecule has 0 spiro atoms. The summed E-state index contributed by atoms with van der Waals surface area (Å²) in [5, 5.41) is 2.04. The number of para-hydroxylation sites is 1. The van der Waals surface area contributed by atoms with Crippen LogP contribution in [-0.4, -0.2) is 24.5 Å². The predicted octanol–water partition coefficient (Wildman–Crippen LogP) is 3.91. The minimum atomic E-state index is -0.207. The van der Waals surface area contributed by atoms with Crippen LogP contribution >= 0.6 is 11.3 Å². The summed E-state index contributed by atoms with van der Waals surface area (Å²) >= 11 is 1.68. The zero-order valence-electron chi connectivity index (χ0n) is 12.7. The molecule has 4 heteroatoms. The van der Waals surface area contributed by atoms with Gasteiger partial charge in [-0.2, -0.15) is 0 Å². The third-order valence-corrected chi connectivity index (χ3v) is 4.46. The number of ether oxygens (including phenoxy) is 1. The minimum Gasteiger partial charge on any atom is -0.496 e. The highest BCUT2D eigenvalue weighted by atomic mass is 32.1. The number of hydrogen-bond acceptors (Lipinski definition) is 3. The Kier molecular flexibility index (Phi) is 5.39. The maximum atomic E-state index is 12.7. The quantitative estimate of drug-likeness (QED) is 0.810. The van der Waals surface area contributed by atoms with Crippen LogP contribution in [0.15, 0.2) is 41.8 Å². The smallest absolute Gasteiger partial charge is 0.230 e. The number of likely N-dealkylation sites (N-methyl/N-ethyl adjacent to an activating group) is 1. The van der Waals surface area contributed by atoms with Crippen LogP contribution in [0.2, 0.25) is 0 Å². The molecule has 0 aliphatic heterocycles. The zero-order valence-corrected chi connectivity index (χ0v) is 13.5. The van der Waals surface area contributed by atoms with Crippen LogP contribution in [0.5, 0.6) is 5.75 Å². The minimum absolute atomic E-state index is 0.135. The second kappa shape index (κ2) is 7.27. The van der Waals surface area contributed by atoms with Gasteiger partial charge in [0.2, 0.25) is 5.91 Å². The molecule has 0 fully saturated rings. The van der Waals surface area contributed by atoms with Gasteiger partial charge in [0.15, 0.2) is 0 Å². The van der Waals surface area contributed by atoms with Crippen molar-refractivity contribution in [3.8, 4) is 5.75 Å². The molecule has 0 unspecified atom stereocenters. The van der Waals surface area contributed by atoms with Crippen molar-refractivity contribution >= 4 is 17.2 Å². The zero-order chi connectivity index (χ0) is 15.2. The van der Waals surface area contributed by atoms with E-state index in [1.807, 2.05) is 54.5 Å². The normalized spacial score (nSPS) is 12.0. The number of nitrogens with zero attached hydrogens (tertiary/aromatic N) is 1. The highest BCUT2D eigenvalue weighted by Crippen LogP contribution is 2.28. The summed E-state index contributed by atoms with van der Waals surface area (Å²) in [5.74, 6) is 0.696. The number of carbonyl (C=O) groups excluding carboxylic acids is 1. The van der Waals surface area contributed by atoms with E-state index >= 15 is 0 Å². The molecule has 0 saturated carbocycles. The molecular weight excluding hydrogens is 282 g/mol. The van der Waals surface area contributed by atoms with Gasteiger partial charge in [-0.15, -0.1) is 11.3 Å². The maximum Gasteiger partial charge on any atom is 0.230 e. The molecule has 1 heterocycles. The van der Waals surface area contributed by atoms with Crippen LogP contribution in [0.25, 0.3) is 0 Å². The summed E-state index contributed by atoms with van der Waals surface area (Å²) in [6, 6.07) is 11.8. The molecule has 112 valence electrons. The number of rotatable bonds is 6. The molecule has 2 rings (SSSR count). The van der Waals surface area contributed by atoms with Crippen molar-refractivity contribution < 1.29 is 9.53 Å². The molecule has 0 radical (unpaired) electrons. The molecule has 0 aliphatic carbocycles. The van der Waals surface area contributed by atoms with Gasteiger partial charge in [-0.25, -0.2) is 0 Å². The monoisotopic (exact) mass is 303 g/mol. The van der Waals surface area contributed by atoms with E-state index in [9.17, 15) is 4.79 Å². The highest BCUT2D eigenvalue weighted by Gasteiger charge is 2.23. The molecule has 0 bridgehead atoms. The Balaban J connectivity index is 2.16. The van der Waals surface area contributed by atoms with Crippen molar-refractivity contribution in [2.24, 2.45) is 0 Å². The average molecular weight is 303 g/mol. The molecule has 1 aromatic heterocycles. The summed E-state index contributed by atoms with van der Waals surface area (Å²) in [6.45, 7) is 5.33. The van der Waals surface area contributed by atoms with Crippen LogP contribution in [0.1, 0.15) is 30.2 Å². The maximum absolute atomic E-state index is 12.7. The predicted molar refractivity (Wildman–Crippen MR) is 86.8 cm³/mol. The SMILES string of the molecule is CCN(Cc1cccs1)C(=O)[C@H](C)c1ccccc1OC. The van der Waals surface area contributed by atoms with Gasteiger partial charge in [-0.05, 0) is 31.4 Å². The number of benzene rings is 1. The van der Waals surface area contributed by atoms with Gasteiger partial charge in [0.1, 0.15) is 5.75 Å². The summed E-state index contributed by atoms with van der Waals surface area (Å²) in [7, 11) is 1.64. The van der Waals surface area contributed by atoms with E-state index < -0.39 is 0 Å². The van der Waals surface area contributed by atoms with Crippen LogP contribution in [0.3, 0.4) is 0 Å². The number of methoxy groups -OCH3 is 1. The third kappa shape index (κ3) is 3.64. The Bertz CT molecular complexity index is 580. The molecule has 0 saturated heterocycles. The van der Waals surface area contributed by atoms with Gasteiger partial charge in [-0.3, -0.25) is 4.79 Å². The fourth-order valence-electron chi connectivity index (χ4n) is 2.37. The number of amides is 1. The lowest BCUT2D eigenvalue weighted by molar-refractivity contribution is -0.132. The molecule has 0 aliphatic rings. The molecule has 0 N–H and O–H groups in total. The molecule has 1 aromatic carbocycles. The average Bonchev–Trinajstić information content (AvgIpc) is 3.04. The second-order valence-electron chi connectivity index (χ2n) is 4.90. The van der Waals surface area contributed by atoms with Gasteiger partial charge in [-0.1, -0.05) is 24.3 Å². The number of carbonyl (C=O) groups is 1. The lowest BCUT2D eigenvalue weighted by Gasteiger charge is -2.25. The number of thiophene rings is 1. The summed E-state index contributed by atoms with van der Waals surface area (Å²) < 4.78 is 5.37. The largest absolute Gasteiger partial charge is 0.496 e. The molecule has 1 atom stereocenters. The van der Waals surface area contributed by atoms with Crippen LogP contribution < -0.4 is 4.74 Å². The Labute approximate surface area is 130 Å². The van der Waals surface area contributed by atoms with E-state index in [-0.39, 0.29) is 11.8 Å². The van der Waals surface area contributed by atoms with E-state index in [1.165, 1.54) is 4.88 Å².